The van der Waals surface area contributed by atoms with E-state index in [0.29, 0.717) is 11.4 Å². The Kier molecular flexibility index (Phi) is 8.10. The molecule has 1 saturated carbocycles. The summed E-state index contributed by atoms with van der Waals surface area (Å²) in [7, 11) is 0. The van der Waals surface area contributed by atoms with Gasteiger partial charge in [0, 0.05) is 30.9 Å². The number of hydrogen-bond acceptors (Lipinski definition) is 5. The van der Waals surface area contributed by atoms with Crippen molar-refractivity contribution in [2.45, 2.75) is 63.9 Å². The molecule has 2 aromatic rings. The van der Waals surface area contributed by atoms with Gasteiger partial charge in [-0.1, -0.05) is 30.3 Å². The largest absolute Gasteiger partial charge is 0.481 e. The van der Waals surface area contributed by atoms with E-state index in [9.17, 15) is 14.4 Å². The fourth-order valence-corrected chi connectivity index (χ4v) is 4.80. The fraction of sp³-hybridized carbons (Fsp3) is 0.444. The van der Waals surface area contributed by atoms with E-state index < -0.39 is 18.3 Å². The van der Waals surface area contributed by atoms with Crippen molar-refractivity contribution in [3.8, 4) is 5.75 Å². The number of nitrogens with two attached hydrogens (primary N) is 1. The van der Waals surface area contributed by atoms with E-state index in [1.807, 2.05) is 43.3 Å². The summed E-state index contributed by atoms with van der Waals surface area (Å²) in [5.74, 6) is -0.158. The zero-order valence-corrected chi connectivity index (χ0v) is 20.9. The van der Waals surface area contributed by atoms with Gasteiger partial charge in [-0.15, -0.1) is 0 Å². The maximum absolute atomic E-state index is 13.5. The summed E-state index contributed by atoms with van der Waals surface area (Å²) in [6.07, 6.45) is 1.32. The van der Waals surface area contributed by atoms with Crippen LogP contribution in [0.15, 0.2) is 54.6 Å². The van der Waals surface area contributed by atoms with E-state index in [0.717, 1.165) is 31.2 Å². The summed E-state index contributed by atoms with van der Waals surface area (Å²) in [6, 6.07) is 16.2. The van der Waals surface area contributed by atoms with Crippen molar-refractivity contribution in [2.75, 3.05) is 18.4 Å². The Labute approximate surface area is 212 Å². The summed E-state index contributed by atoms with van der Waals surface area (Å²) in [6.45, 7) is 4.06. The average Bonchev–Trinajstić information content (AvgIpc) is 3.31. The Bertz CT molecular complexity index is 1070. The lowest BCUT2D eigenvalue weighted by molar-refractivity contribution is -0.146. The van der Waals surface area contributed by atoms with E-state index in [-0.39, 0.29) is 37.0 Å². The van der Waals surface area contributed by atoms with Crippen LogP contribution in [0.25, 0.3) is 0 Å². The molecule has 9 heteroatoms. The minimum absolute atomic E-state index is 0.0328. The van der Waals surface area contributed by atoms with E-state index in [4.69, 9.17) is 10.5 Å². The van der Waals surface area contributed by atoms with Crippen LogP contribution in [0, 0.1) is 6.92 Å². The number of benzene rings is 2. The van der Waals surface area contributed by atoms with Crippen molar-refractivity contribution in [2.24, 2.45) is 5.73 Å². The first-order valence-electron chi connectivity index (χ1n) is 12.5. The van der Waals surface area contributed by atoms with Crippen LogP contribution in [0.2, 0.25) is 0 Å². The van der Waals surface area contributed by atoms with Crippen LogP contribution in [-0.2, 0) is 9.59 Å². The number of aryl methyl sites for hydroxylation is 1. The average molecular weight is 494 g/mol. The highest BCUT2D eigenvalue weighted by Crippen LogP contribution is 2.23. The lowest BCUT2D eigenvalue weighted by Gasteiger charge is -2.33. The van der Waals surface area contributed by atoms with Gasteiger partial charge in [0.05, 0.1) is 0 Å². The SMILES string of the molecule is Cc1cccc(NC(=O)N2CCN(C(=O)C(C)Oc3ccccc3)C2C(=O)NC2CCC(N)CC2)c1. The van der Waals surface area contributed by atoms with Gasteiger partial charge < -0.3 is 26.0 Å². The third-order valence-corrected chi connectivity index (χ3v) is 6.74. The molecule has 2 unspecified atom stereocenters. The first kappa shape index (κ1) is 25.5. The zero-order valence-electron chi connectivity index (χ0n) is 20.9. The molecule has 2 fully saturated rings. The number of anilines is 1. The molecule has 0 bridgehead atoms. The Morgan fingerprint density at radius 3 is 2.36 bits per heavy atom. The van der Waals surface area contributed by atoms with Gasteiger partial charge in [0.2, 0.25) is 0 Å². The van der Waals surface area contributed by atoms with Crippen molar-refractivity contribution in [3.05, 3.63) is 60.2 Å². The summed E-state index contributed by atoms with van der Waals surface area (Å²) >= 11 is 0. The third-order valence-electron chi connectivity index (χ3n) is 6.74. The Balaban J connectivity index is 1.51. The summed E-state index contributed by atoms with van der Waals surface area (Å²) < 4.78 is 5.83. The Morgan fingerprint density at radius 1 is 0.972 bits per heavy atom. The van der Waals surface area contributed by atoms with E-state index >= 15 is 0 Å². The molecule has 2 aliphatic rings. The van der Waals surface area contributed by atoms with Crippen molar-refractivity contribution < 1.29 is 19.1 Å². The molecule has 4 N–H and O–H groups in total. The molecule has 1 aliphatic carbocycles. The van der Waals surface area contributed by atoms with Crippen LogP contribution in [0.3, 0.4) is 0 Å². The minimum atomic E-state index is -1.07. The number of nitrogens with one attached hydrogen (secondary N) is 2. The quantitative estimate of drug-likeness (QED) is 0.572. The van der Waals surface area contributed by atoms with Crippen molar-refractivity contribution >= 4 is 23.5 Å². The number of urea groups is 1. The molecule has 2 aromatic carbocycles. The van der Waals surface area contributed by atoms with Crippen molar-refractivity contribution in [3.63, 3.8) is 0 Å². The lowest BCUT2D eigenvalue weighted by atomic mass is 9.92. The van der Waals surface area contributed by atoms with Gasteiger partial charge in [-0.2, -0.15) is 0 Å². The Hall–Kier alpha value is -3.59. The van der Waals surface area contributed by atoms with E-state index in [2.05, 4.69) is 10.6 Å². The zero-order chi connectivity index (χ0) is 25.7. The predicted octanol–water partition coefficient (Wildman–Crippen LogP) is 2.85. The van der Waals surface area contributed by atoms with Crippen molar-refractivity contribution in [1.29, 1.82) is 0 Å². The van der Waals surface area contributed by atoms with Gasteiger partial charge in [-0.05, 0) is 69.4 Å². The summed E-state index contributed by atoms with van der Waals surface area (Å²) in [4.78, 5) is 43.0. The molecule has 1 heterocycles. The first-order chi connectivity index (χ1) is 17.3. The topological polar surface area (TPSA) is 117 Å². The number of amides is 4. The molecule has 36 heavy (non-hydrogen) atoms. The molecule has 1 aliphatic heterocycles. The van der Waals surface area contributed by atoms with Gasteiger partial charge in [0.25, 0.3) is 11.8 Å². The minimum Gasteiger partial charge on any atom is -0.481 e. The molecule has 9 nitrogen and oxygen atoms in total. The molecular formula is C27H35N5O4. The van der Waals surface area contributed by atoms with Gasteiger partial charge in [-0.25, -0.2) is 4.79 Å². The third kappa shape index (κ3) is 6.15. The van der Waals surface area contributed by atoms with Gasteiger partial charge >= 0.3 is 6.03 Å². The summed E-state index contributed by atoms with van der Waals surface area (Å²) in [5, 5.41) is 5.93. The molecule has 1 saturated heterocycles. The molecule has 4 amide bonds. The van der Waals surface area contributed by atoms with Gasteiger partial charge in [-0.3, -0.25) is 14.5 Å². The monoisotopic (exact) mass is 493 g/mol. The van der Waals surface area contributed by atoms with Crippen LogP contribution in [0.4, 0.5) is 10.5 Å². The van der Waals surface area contributed by atoms with Crippen LogP contribution >= 0.6 is 0 Å². The maximum Gasteiger partial charge on any atom is 0.323 e. The normalized spacial score (nSPS) is 22.6. The Morgan fingerprint density at radius 2 is 1.67 bits per heavy atom. The van der Waals surface area contributed by atoms with E-state index in [1.165, 1.54) is 9.80 Å². The number of ether oxygens (including phenoxy) is 1. The highest BCUT2D eigenvalue weighted by atomic mass is 16.5. The highest BCUT2D eigenvalue weighted by molar-refractivity contribution is 5.97. The number of carbonyl (C=O) groups excluding carboxylic acids is 3. The number of para-hydroxylation sites is 1. The van der Waals surface area contributed by atoms with Crippen LogP contribution in [0.5, 0.6) is 5.75 Å². The van der Waals surface area contributed by atoms with Crippen molar-refractivity contribution in [1.82, 2.24) is 15.1 Å². The second kappa shape index (κ2) is 11.4. The van der Waals surface area contributed by atoms with Gasteiger partial charge in [0.1, 0.15) is 5.75 Å². The molecule has 4 rings (SSSR count). The second-order valence-electron chi connectivity index (χ2n) is 9.59. The lowest BCUT2D eigenvalue weighted by Crippen LogP contribution is -2.58. The molecule has 0 radical (unpaired) electrons. The number of carbonyl (C=O) groups is 3. The maximum atomic E-state index is 13.5. The number of rotatable bonds is 6. The number of hydrogen-bond donors (Lipinski definition) is 3. The van der Waals surface area contributed by atoms with Gasteiger partial charge in [0.15, 0.2) is 12.3 Å². The fourth-order valence-electron chi connectivity index (χ4n) is 4.80. The molecular weight excluding hydrogens is 458 g/mol. The van der Waals surface area contributed by atoms with Crippen LogP contribution in [-0.4, -0.2) is 65.1 Å². The first-order valence-corrected chi connectivity index (χ1v) is 12.5. The van der Waals surface area contributed by atoms with Crippen LogP contribution in [0.1, 0.15) is 38.2 Å². The standard InChI is InChI=1S/C27H35N5O4/c1-18-7-6-8-22(17-18)30-27(35)32-16-15-31(26(34)19(2)36-23-9-4-3-5-10-23)25(32)24(33)29-21-13-11-20(28)12-14-21/h3-10,17,19-21,25H,11-16,28H2,1-2H3,(H,29,33)(H,30,35). The molecule has 2 atom stereocenters. The highest BCUT2D eigenvalue weighted by Gasteiger charge is 2.44. The summed E-state index contributed by atoms with van der Waals surface area (Å²) in [5.41, 5.74) is 7.65. The van der Waals surface area contributed by atoms with Crippen LogP contribution < -0.4 is 21.1 Å². The van der Waals surface area contributed by atoms with E-state index in [1.54, 1.807) is 25.1 Å². The number of nitrogens with zero attached hydrogens (tertiary/aromatic N) is 2. The smallest absolute Gasteiger partial charge is 0.323 e. The molecule has 0 spiro atoms. The molecule has 192 valence electrons. The second-order valence-corrected chi connectivity index (χ2v) is 9.59. The predicted molar refractivity (Wildman–Crippen MR) is 137 cm³/mol. The molecule has 0 aromatic heterocycles.